The average molecular weight is 249 g/mol. The van der Waals surface area contributed by atoms with Crippen LogP contribution in [0.5, 0.6) is 0 Å². The molecule has 1 aromatic rings. The van der Waals surface area contributed by atoms with Crippen molar-refractivity contribution >= 4 is 11.6 Å². The molecule has 5 nitrogen and oxygen atoms in total. The molecule has 1 aliphatic heterocycles. The number of nitrogens with two attached hydrogens (primary N) is 1. The number of rotatable bonds is 4. The van der Waals surface area contributed by atoms with Gasteiger partial charge < -0.3 is 20.7 Å². The van der Waals surface area contributed by atoms with Crippen molar-refractivity contribution in [2.75, 3.05) is 37.7 Å². The van der Waals surface area contributed by atoms with E-state index in [1.54, 1.807) is 0 Å². The number of morpholine rings is 1. The van der Waals surface area contributed by atoms with Crippen LogP contribution >= 0.6 is 0 Å². The van der Waals surface area contributed by atoms with Gasteiger partial charge in [0.2, 0.25) is 5.91 Å². The van der Waals surface area contributed by atoms with Gasteiger partial charge in [-0.25, -0.2) is 0 Å². The van der Waals surface area contributed by atoms with E-state index < -0.39 is 0 Å². The zero-order valence-corrected chi connectivity index (χ0v) is 10.4. The smallest absolute Gasteiger partial charge is 0.234 e. The third-order valence-electron chi connectivity index (χ3n) is 2.99. The van der Waals surface area contributed by atoms with Gasteiger partial charge in [-0.2, -0.15) is 0 Å². The highest BCUT2D eigenvalue weighted by Gasteiger charge is 2.10. The molecule has 0 aliphatic carbocycles. The highest BCUT2D eigenvalue weighted by molar-refractivity contribution is 5.77. The maximum Gasteiger partial charge on any atom is 0.234 e. The Morgan fingerprint density at radius 3 is 2.56 bits per heavy atom. The number of anilines is 1. The van der Waals surface area contributed by atoms with E-state index in [9.17, 15) is 4.79 Å². The minimum atomic E-state index is -0.132. The summed E-state index contributed by atoms with van der Waals surface area (Å²) < 4.78 is 5.32. The van der Waals surface area contributed by atoms with E-state index >= 15 is 0 Å². The van der Waals surface area contributed by atoms with E-state index in [0.29, 0.717) is 6.54 Å². The number of nitrogens with one attached hydrogen (secondary N) is 1. The summed E-state index contributed by atoms with van der Waals surface area (Å²) in [7, 11) is 0. The molecule has 0 bridgehead atoms. The molecular formula is C13H19N3O2. The summed E-state index contributed by atoms with van der Waals surface area (Å²) in [6.07, 6.45) is 0. The number of carbonyl (C=O) groups is 1. The number of ether oxygens (including phenoxy) is 1. The van der Waals surface area contributed by atoms with E-state index in [4.69, 9.17) is 10.5 Å². The summed E-state index contributed by atoms with van der Waals surface area (Å²) in [4.78, 5) is 13.3. The van der Waals surface area contributed by atoms with Gasteiger partial charge >= 0.3 is 0 Å². The molecule has 1 aliphatic rings. The van der Waals surface area contributed by atoms with Gasteiger partial charge in [0.1, 0.15) is 0 Å². The fourth-order valence-electron chi connectivity index (χ4n) is 1.92. The monoisotopic (exact) mass is 249 g/mol. The van der Waals surface area contributed by atoms with Gasteiger partial charge in [-0.05, 0) is 17.7 Å². The van der Waals surface area contributed by atoms with Crippen molar-refractivity contribution in [3.63, 3.8) is 0 Å². The number of carbonyl (C=O) groups excluding carboxylic acids is 1. The molecule has 0 saturated carbocycles. The molecule has 0 atom stereocenters. The Bertz CT molecular complexity index is 386. The number of hydrogen-bond donors (Lipinski definition) is 2. The number of hydrogen-bond acceptors (Lipinski definition) is 4. The molecule has 3 N–H and O–H groups in total. The molecule has 1 heterocycles. The van der Waals surface area contributed by atoms with Gasteiger partial charge in [0.25, 0.3) is 0 Å². The Morgan fingerprint density at radius 2 is 1.94 bits per heavy atom. The average Bonchev–Trinajstić information content (AvgIpc) is 2.46. The lowest BCUT2D eigenvalue weighted by Crippen LogP contribution is -2.36. The normalized spacial score (nSPS) is 15.5. The molecule has 0 radical (unpaired) electrons. The van der Waals surface area contributed by atoms with Crippen molar-refractivity contribution in [1.29, 1.82) is 0 Å². The fourth-order valence-corrected chi connectivity index (χ4v) is 1.92. The van der Waals surface area contributed by atoms with Gasteiger partial charge in [0.15, 0.2) is 0 Å². The summed E-state index contributed by atoms with van der Waals surface area (Å²) in [5.74, 6) is -0.132. The highest BCUT2D eigenvalue weighted by atomic mass is 16.5. The van der Waals surface area contributed by atoms with Crippen LogP contribution < -0.4 is 16.0 Å². The second-order valence-corrected chi connectivity index (χ2v) is 4.25. The first-order valence-electron chi connectivity index (χ1n) is 6.18. The van der Waals surface area contributed by atoms with Gasteiger partial charge in [0, 0.05) is 25.3 Å². The largest absolute Gasteiger partial charge is 0.378 e. The second kappa shape index (κ2) is 6.37. The summed E-state index contributed by atoms with van der Waals surface area (Å²) in [6.45, 7) is 4.00. The molecule has 1 amide bonds. The molecule has 5 heteroatoms. The lowest BCUT2D eigenvalue weighted by molar-refractivity contribution is -0.119. The van der Waals surface area contributed by atoms with E-state index in [1.807, 2.05) is 12.1 Å². The molecule has 1 saturated heterocycles. The van der Waals surface area contributed by atoms with Gasteiger partial charge in [-0.15, -0.1) is 0 Å². The van der Waals surface area contributed by atoms with Crippen molar-refractivity contribution in [2.24, 2.45) is 5.73 Å². The maximum absolute atomic E-state index is 11.0. The molecule has 0 spiro atoms. The van der Waals surface area contributed by atoms with Crippen LogP contribution in [-0.4, -0.2) is 38.8 Å². The van der Waals surface area contributed by atoms with Crippen molar-refractivity contribution in [1.82, 2.24) is 5.32 Å². The Balaban J connectivity index is 1.90. The van der Waals surface area contributed by atoms with E-state index in [0.717, 1.165) is 31.9 Å². The summed E-state index contributed by atoms with van der Waals surface area (Å²) in [5, 5.41) is 2.75. The zero-order chi connectivity index (χ0) is 12.8. The fraction of sp³-hybridized carbons (Fsp3) is 0.462. The second-order valence-electron chi connectivity index (χ2n) is 4.25. The van der Waals surface area contributed by atoms with Crippen LogP contribution in [0.4, 0.5) is 5.69 Å². The predicted molar refractivity (Wildman–Crippen MR) is 70.4 cm³/mol. The van der Waals surface area contributed by atoms with Gasteiger partial charge in [0.05, 0.1) is 19.8 Å². The Labute approximate surface area is 107 Å². The summed E-state index contributed by atoms with van der Waals surface area (Å²) >= 11 is 0. The first-order chi connectivity index (χ1) is 8.79. The van der Waals surface area contributed by atoms with Crippen LogP contribution in [0.3, 0.4) is 0 Å². The molecule has 98 valence electrons. The molecular weight excluding hydrogens is 230 g/mol. The van der Waals surface area contributed by atoms with Crippen LogP contribution in [0.2, 0.25) is 0 Å². The van der Waals surface area contributed by atoms with Gasteiger partial charge in [-0.3, -0.25) is 4.79 Å². The van der Waals surface area contributed by atoms with Crippen molar-refractivity contribution < 1.29 is 9.53 Å². The Kier molecular flexibility index (Phi) is 4.55. The minimum Gasteiger partial charge on any atom is -0.378 e. The third kappa shape index (κ3) is 3.45. The van der Waals surface area contributed by atoms with Crippen molar-refractivity contribution in [3.8, 4) is 0 Å². The Morgan fingerprint density at radius 1 is 1.28 bits per heavy atom. The standard InChI is InChI=1S/C13H19N3O2/c14-9-13(17)15-10-11-1-3-12(4-2-11)16-5-7-18-8-6-16/h1-4H,5-10,14H2,(H,15,17). The number of benzene rings is 1. The maximum atomic E-state index is 11.0. The molecule has 2 rings (SSSR count). The van der Waals surface area contributed by atoms with Crippen LogP contribution in [0.1, 0.15) is 5.56 Å². The lowest BCUT2D eigenvalue weighted by atomic mass is 10.2. The van der Waals surface area contributed by atoms with E-state index in [-0.39, 0.29) is 12.5 Å². The van der Waals surface area contributed by atoms with E-state index in [2.05, 4.69) is 22.3 Å². The van der Waals surface area contributed by atoms with Gasteiger partial charge in [-0.1, -0.05) is 12.1 Å². The SMILES string of the molecule is NCC(=O)NCc1ccc(N2CCOCC2)cc1. The molecule has 0 aromatic heterocycles. The van der Waals surface area contributed by atoms with Crippen molar-refractivity contribution in [2.45, 2.75) is 6.54 Å². The topological polar surface area (TPSA) is 67.6 Å². The van der Waals surface area contributed by atoms with Crippen LogP contribution in [0.15, 0.2) is 24.3 Å². The Hall–Kier alpha value is -1.59. The quantitative estimate of drug-likeness (QED) is 0.794. The third-order valence-corrected chi connectivity index (χ3v) is 2.99. The predicted octanol–water partition coefficient (Wildman–Crippen LogP) is 0.0981. The van der Waals surface area contributed by atoms with Crippen LogP contribution in [0, 0.1) is 0 Å². The molecule has 0 unspecified atom stereocenters. The minimum absolute atomic E-state index is 0.0336. The first kappa shape index (κ1) is 12.9. The zero-order valence-electron chi connectivity index (χ0n) is 10.4. The molecule has 1 fully saturated rings. The highest BCUT2D eigenvalue weighted by Crippen LogP contribution is 2.16. The number of amides is 1. The van der Waals surface area contributed by atoms with Crippen LogP contribution in [0.25, 0.3) is 0 Å². The lowest BCUT2D eigenvalue weighted by Gasteiger charge is -2.28. The summed E-state index contributed by atoms with van der Waals surface area (Å²) in [6, 6.07) is 8.22. The van der Waals surface area contributed by atoms with E-state index in [1.165, 1.54) is 5.69 Å². The summed E-state index contributed by atoms with van der Waals surface area (Å²) in [5.41, 5.74) is 7.51. The number of nitrogens with zero attached hydrogens (tertiary/aromatic N) is 1. The molecule has 18 heavy (non-hydrogen) atoms. The van der Waals surface area contributed by atoms with Crippen molar-refractivity contribution in [3.05, 3.63) is 29.8 Å². The first-order valence-corrected chi connectivity index (χ1v) is 6.18. The van der Waals surface area contributed by atoms with Crippen LogP contribution in [-0.2, 0) is 16.1 Å². The molecule has 1 aromatic carbocycles.